The van der Waals surface area contributed by atoms with Gasteiger partial charge in [0.25, 0.3) is 0 Å². The SMILES string of the molecule is C1CC2CCC3CCC4CCC5CCC1B1C2C3C4C15. The molecule has 8 atom stereocenters. The average Bonchev–Trinajstić information content (AvgIpc) is 2.88. The van der Waals surface area contributed by atoms with Crippen molar-refractivity contribution in [1.29, 1.82) is 0 Å². The van der Waals surface area contributed by atoms with Crippen LogP contribution in [0, 0.1) is 35.5 Å². The fourth-order valence-electron chi connectivity index (χ4n) is 9.21. The molecular formula is C19H29B. The third-order valence-electron chi connectivity index (χ3n) is 9.49. The number of hydrogen-bond donors (Lipinski definition) is 0. The summed E-state index contributed by atoms with van der Waals surface area (Å²) in [5, 5.41) is 0. The second kappa shape index (κ2) is 3.88. The van der Waals surface area contributed by atoms with Crippen molar-refractivity contribution in [3.63, 3.8) is 0 Å². The van der Waals surface area contributed by atoms with Crippen LogP contribution in [0.15, 0.2) is 0 Å². The van der Waals surface area contributed by atoms with E-state index in [0.717, 1.165) is 0 Å². The van der Waals surface area contributed by atoms with Crippen molar-refractivity contribution in [1.82, 2.24) is 0 Å². The third-order valence-corrected chi connectivity index (χ3v) is 9.49. The van der Waals surface area contributed by atoms with E-state index in [1.165, 1.54) is 59.7 Å². The van der Waals surface area contributed by atoms with E-state index in [2.05, 4.69) is 0 Å². The predicted molar refractivity (Wildman–Crippen MR) is 84.1 cm³/mol. The Kier molecular flexibility index (Phi) is 2.25. The Morgan fingerprint density at radius 2 is 0.850 bits per heavy atom. The van der Waals surface area contributed by atoms with Gasteiger partial charge in [-0.25, -0.2) is 0 Å². The minimum Gasteiger partial charge on any atom is -0.0616 e. The van der Waals surface area contributed by atoms with Crippen LogP contribution in [0.3, 0.4) is 0 Å². The standard InChI is InChI=1S/C19H29B/c1-2-12-4-6-14-8-10-15-9-7-13-5-3-11(1)16-17(12)19(14)20(15)18(13)16/h11-19H,1-10H2. The Labute approximate surface area is 124 Å². The molecule has 0 aromatic carbocycles. The van der Waals surface area contributed by atoms with Gasteiger partial charge in [-0.15, -0.1) is 0 Å². The van der Waals surface area contributed by atoms with Crippen LogP contribution in [-0.4, -0.2) is 6.71 Å². The fourth-order valence-corrected chi connectivity index (χ4v) is 9.21. The van der Waals surface area contributed by atoms with Crippen LogP contribution in [-0.2, 0) is 0 Å². The van der Waals surface area contributed by atoms with Gasteiger partial charge in [-0.2, -0.15) is 0 Å². The maximum absolute atomic E-state index is 1.63. The highest BCUT2D eigenvalue weighted by Crippen LogP contribution is 2.74. The quantitative estimate of drug-likeness (QED) is 0.525. The molecule has 8 unspecified atom stereocenters. The van der Waals surface area contributed by atoms with E-state index in [1.54, 1.807) is 64.2 Å². The molecule has 0 N–H and O–H groups in total. The molecule has 0 spiro atoms. The lowest BCUT2D eigenvalue weighted by atomic mass is 9.21. The Hall–Kier alpha value is 0.0649. The first-order valence-corrected chi connectivity index (χ1v) is 9.92. The van der Waals surface area contributed by atoms with Crippen LogP contribution >= 0.6 is 0 Å². The van der Waals surface area contributed by atoms with E-state index >= 15 is 0 Å². The summed E-state index contributed by atoms with van der Waals surface area (Å²) in [6, 6.07) is 0. The molecule has 6 rings (SSSR count). The molecule has 0 amide bonds. The Morgan fingerprint density at radius 1 is 0.450 bits per heavy atom. The zero-order chi connectivity index (χ0) is 12.8. The molecule has 3 heterocycles. The first-order valence-electron chi connectivity index (χ1n) is 9.92. The Balaban J connectivity index is 1.52. The summed E-state index contributed by atoms with van der Waals surface area (Å²) in [6.07, 6.45) is 16.3. The summed E-state index contributed by atoms with van der Waals surface area (Å²) in [5.41, 5.74) is 0. The molecule has 0 aromatic rings. The lowest BCUT2D eigenvalue weighted by Gasteiger charge is -2.51. The molecule has 0 nitrogen and oxygen atoms in total. The summed E-state index contributed by atoms with van der Waals surface area (Å²) in [5.74, 6) is 10.8. The van der Waals surface area contributed by atoms with Gasteiger partial charge in [0.2, 0.25) is 0 Å². The van der Waals surface area contributed by atoms with Crippen molar-refractivity contribution >= 4 is 6.71 Å². The molecule has 1 heteroatoms. The van der Waals surface area contributed by atoms with Crippen LogP contribution in [0.4, 0.5) is 0 Å². The van der Waals surface area contributed by atoms with E-state index in [9.17, 15) is 0 Å². The zero-order valence-corrected chi connectivity index (χ0v) is 12.8. The maximum Gasteiger partial charge on any atom is 0.150 e. The monoisotopic (exact) mass is 268 g/mol. The molecule has 6 aliphatic rings. The minimum atomic E-state index is 1.18. The highest BCUT2D eigenvalue weighted by molar-refractivity contribution is 6.65. The van der Waals surface area contributed by atoms with Gasteiger partial charge in [-0.3, -0.25) is 0 Å². The molecule has 108 valence electrons. The van der Waals surface area contributed by atoms with Crippen molar-refractivity contribution in [2.24, 2.45) is 35.5 Å². The minimum absolute atomic E-state index is 1.18. The molecule has 3 saturated carbocycles. The topological polar surface area (TPSA) is 0 Å². The summed E-state index contributed by atoms with van der Waals surface area (Å²) < 4.78 is 0. The fraction of sp³-hybridized carbons (Fsp3) is 1.00. The van der Waals surface area contributed by atoms with Crippen LogP contribution < -0.4 is 0 Å². The van der Waals surface area contributed by atoms with Crippen LogP contribution in [0.5, 0.6) is 0 Å². The van der Waals surface area contributed by atoms with Gasteiger partial charge in [0, 0.05) is 0 Å². The zero-order valence-electron chi connectivity index (χ0n) is 12.8. The van der Waals surface area contributed by atoms with Gasteiger partial charge in [0.1, 0.15) is 0 Å². The van der Waals surface area contributed by atoms with Gasteiger partial charge >= 0.3 is 0 Å². The molecule has 0 aromatic heterocycles. The number of rotatable bonds is 0. The lowest BCUT2D eigenvalue weighted by Crippen LogP contribution is -2.43. The van der Waals surface area contributed by atoms with Crippen molar-refractivity contribution in [2.45, 2.75) is 81.7 Å². The maximum atomic E-state index is 1.63. The van der Waals surface area contributed by atoms with E-state index in [4.69, 9.17) is 0 Å². The first-order chi connectivity index (χ1) is 9.92. The smallest absolute Gasteiger partial charge is 0.0616 e. The van der Waals surface area contributed by atoms with Crippen molar-refractivity contribution in [2.75, 3.05) is 0 Å². The van der Waals surface area contributed by atoms with Gasteiger partial charge in [0.15, 0.2) is 6.71 Å². The predicted octanol–water partition coefficient (Wildman–Crippen LogP) is 5.27. The second-order valence-corrected chi connectivity index (χ2v) is 9.57. The van der Waals surface area contributed by atoms with E-state index in [1.807, 2.05) is 0 Å². The molecule has 3 saturated heterocycles. The van der Waals surface area contributed by atoms with Crippen LogP contribution in [0.2, 0.25) is 17.5 Å². The van der Waals surface area contributed by atoms with Crippen LogP contribution in [0.1, 0.15) is 64.2 Å². The average molecular weight is 268 g/mol. The largest absolute Gasteiger partial charge is 0.150 e. The molecular weight excluding hydrogens is 239 g/mol. The third kappa shape index (κ3) is 1.24. The molecule has 0 bridgehead atoms. The summed E-state index contributed by atoms with van der Waals surface area (Å²) in [4.78, 5) is 0. The molecule has 0 radical (unpaired) electrons. The van der Waals surface area contributed by atoms with Gasteiger partial charge in [0.05, 0.1) is 0 Å². The van der Waals surface area contributed by atoms with E-state index in [-0.39, 0.29) is 0 Å². The lowest BCUT2D eigenvalue weighted by molar-refractivity contribution is 0.0144. The molecule has 20 heavy (non-hydrogen) atoms. The van der Waals surface area contributed by atoms with Crippen molar-refractivity contribution in [3.8, 4) is 0 Å². The Bertz CT molecular complexity index is 309. The highest BCUT2D eigenvalue weighted by atomic mass is 14.6. The van der Waals surface area contributed by atoms with Crippen molar-refractivity contribution < 1.29 is 0 Å². The molecule has 3 aliphatic carbocycles. The number of hydrogen-bond acceptors (Lipinski definition) is 0. The van der Waals surface area contributed by atoms with E-state index in [0.29, 0.717) is 0 Å². The van der Waals surface area contributed by atoms with Gasteiger partial charge in [-0.1, -0.05) is 56.0 Å². The second-order valence-electron chi connectivity index (χ2n) is 9.57. The van der Waals surface area contributed by atoms with Crippen LogP contribution in [0.25, 0.3) is 0 Å². The summed E-state index contributed by atoms with van der Waals surface area (Å²) in [6.45, 7) is 1.23. The van der Waals surface area contributed by atoms with Gasteiger partial charge < -0.3 is 0 Å². The first kappa shape index (κ1) is 11.6. The van der Waals surface area contributed by atoms with Crippen molar-refractivity contribution in [3.05, 3.63) is 0 Å². The Morgan fingerprint density at radius 3 is 1.35 bits per heavy atom. The molecule has 3 aliphatic heterocycles. The highest BCUT2D eigenvalue weighted by Gasteiger charge is 2.66. The summed E-state index contributed by atoms with van der Waals surface area (Å²) in [7, 11) is 0. The normalized spacial score (nSPS) is 62.4. The van der Waals surface area contributed by atoms with E-state index < -0.39 is 0 Å². The summed E-state index contributed by atoms with van der Waals surface area (Å²) >= 11 is 0. The van der Waals surface area contributed by atoms with Gasteiger partial charge in [-0.05, 0) is 61.2 Å². The molecule has 6 fully saturated rings.